The van der Waals surface area contributed by atoms with Gasteiger partial charge in [0.15, 0.2) is 6.61 Å². The molecule has 0 radical (unpaired) electrons. The van der Waals surface area contributed by atoms with E-state index in [-0.39, 0.29) is 11.4 Å². The molecule has 1 saturated heterocycles. The van der Waals surface area contributed by atoms with E-state index in [4.69, 9.17) is 9.84 Å². The van der Waals surface area contributed by atoms with E-state index in [0.29, 0.717) is 10.0 Å². The summed E-state index contributed by atoms with van der Waals surface area (Å²) >= 11 is 5.38. The Labute approximate surface area is 147 Å². The molecule has 1 aromatic carbocycles. The molecule has 7 nitrogen and oxygen atoms in total. The zero-order valence-corrected chi connectivity index (χ0v) is 15.0. The second-order valence-electron chi connectivity index (χ2n) is 4.34. The minimum Gasteiger partial charge on any atom is -0.480 e. The Morgan fingerprint density at radius 1 is 1.50 bits per heavy atom. The highest BCUT2D eigenvalue weighted by atomic mass is 127. The summed E-state index contributed by atoms with van der Waals surface area (Å²) in [6, 6.07) is 2.95. The van der Waals surface area contributed by atoms with E-state index in [1.807, 2.05) is 0 Å². The van der Waals surface area contributed by atoms with Crippen LogP contribution in [0.3, 0.4) is 0 Å². The summed E-state index contributed by atoms with van der Waals surface area (Å²) in [5.41, 5.74) is 0.584. The lowest BCUT2D eigenvalue weighted by Crippen LogP contribution is -2.25. The third-order valence-electron chi connectivity index (χ3n) is 2.76. The van der Waals surface area contributed by atoms with Crippen molar-refractivity contribution < 1.29 is 24.2 Å². The molecule has 0 unspecified atom stereocenters. The number of benzene rings is 1. The number of carboxylic acids is 1. The van der Waals surface area contributed by atoms with Crippen LogP contribution in [0.2, 0.25) is 0 Å². The number of likely N-dealkylation sites (N-methyl/N-ethyl adjacent to an activating group) is 1. The number of rotatable bonds is 4. The molecule has 1 aliphatic rings. The van der Waals surface area contributed by atoms with Crippen molar-refractivity contribution in [2.75, 3.05) is 13.7 Å². The highest BCUT2D eigenvalue weighted by molar-refractivity contribution is 14.1. The largest absolute Gasteiger partial charge is 0.480 e. The number of urea groups is 1. The van der Waals surface area contributed by atoms with Crippen LogP contribution in [-0.4, -0.2) is 41.6 Å². The highest BCUT2D eigenvalue weighted by Gasteiger charge is 2.30. The number of nitrogens with zero attached hydrogens (tertiary/aromatic N) is 1. The maximum Gasteiger partial charge on any atom is 0.341 e. The van der Waals surface area contributed by atoms with Crippen molar-refractivity contribution in [3.05, 3.63) is 31.4 Å². The maximum absolute atomic E-state index is 11.9. The van der Waals surface area contributed by atoms with E-state index in [0.717, 1.165) is 8.47 Å². The number of nitrogens with one attached hydrogen (secondary N) is 1. The Bertz CT molecular complexity index is 704. The van der Waals surface area contributed by atoms with Crippen LogP contribution in [0.25, 0.3) is 6.08 Å². The average Bonchev–Trinajstić information content (AvgIpc) is 2.65. The van der Waals surface area contributed by atoms with Gasteiger partial charge in [-0.05, 0) is 56.7 Å². The van der Waals surface area contributed by atoms with Gasteiger partial charge in [0.05, 0.1) is 4.47 Å². The first-order chi connectivity index (χ1) is 10.3. The molecule has 0 bridgehead atoms. The number of aliphatic carboxylic acids is 1. The maximum atomic E-state index is 11.9. The Balaban J connectivity index is 2.43. The van der Waals surface area contributed by atoms with Crippen molar-refractivity contribution in [1.29, 1.82) is 0 Å². The average molecular weight is 481 g/mol. The van der Waals surface area contributed by atoms with Gasteiger partial charge < -0.3 is 15.2 Å². The lowest BCUT2D eigenvalue weighted by Gasteiger charge is -2.11. The Hall–Kier alpha value is -1.62. The van der Waals surface area contributed by atoms with Crippen molar-refractivity contribution in [2.45, 2.75) is 0 Å². The molecular formula is C13H10BrIN2O5. The number of imide groups is 1. The van der Waals surface area contributed by atoms with Crippen molar-refractivity contribution in [3.8, 4) is 5.75 Å². The van der Waals surface area contributed by atoms with Gasteiger partial charge in [-0.1, -0.05) is 0 Å². The molecule has 9 heteroatoms. The number of hydrogen-bond acceptors (Lipinski definition) is 4. The number of amides is 3. The molecule has 1 aromatic rings. The first-order valence-electron chi connectivity index (χ1n) is 5.94. The van der Waals surface area contributed by atoms with Gasteiger partial charge in [-0.15, -0.1) is 0 Å². The van der Waals surface area contributed by atoms with Gasteiger partial charge >= 0.3 is 12.0 Å². The lowest BCUT2D eigenvalue weighted by atomic mass is 10.1. The fourth-order valence-electron chi connectivity index (χ4n) is 1.75. The summed E-state index contributed by atoms with van der Waals surface area (Å²) < 4.78 is 6.66. The number of carbonyl (C=O) groups excluding carboxylic acids is 2. The smallest absolute Gasteiger partial charge is 0.341 e. The van der Waals surface area contributed by atoms with Gasteiger partial charge in [-0.25, -0.2) is 9.59 Å². The molecule has 22 heavy (non-hydrogen) atoms. The molecule has 3 amide bonds. The molecule has 0 aromatic heterocycles. The Kier molecular flexibility index (Phi) is 5.06. The molecule has 2 N–H and O–H groups in total. The minimum atomic E-state index is -1.12. The SMILES string of the molecule is CN1C(=O)N/C(=C/c2cc(I)cc(Br)c2OCC(=O)O)C1=O. The molecule has 0 atom stereocenters. The summed E-state index contributed by atoms with van der Waals surface area (Å²) in [6.45, 7) is -0.518. The van der Waals surface area contributed by atoms with Gasteiger partial charge in [0, 0.05) is 16.2 Å². The Morgan fingerprint density at radius 3 is 2.73 bits per heavy atom. The number of hydrogen-bond donors (Lipinski definition) is 2. The van der Waals surface area contributed by atoms with E-state index in [2.05, 4.69) is 43.8 Å². The zero-order chi connectivity index (χ0) is 16.4. The van der Waals surface area contributed by atoms with Crippen LogP contribution < -0.4 is 10.1 Å². The number of halogens is 2. The third-order valence-corrected chi connectivity index (χ3v) is 3.97. The summed E-state index contributed by atoms with van der Waals surface area (Å²) in [4.78, 5) is 35.0. The van der Waals surface area contributed by atoms with Crippen molar-refractivity contribution in [2.24, 2.45) is 0 Å². The summed E-state index contributed by atoms with van der Waals surface area (Å²) in [5.74, 6) is -1.30. The molecule has 1 aliphatic heterocycles. The number of carboxylic acid groups (broad SMARTS) is 1. The summed E-state index contributed by atoms with van der Waals surface area (Å²) in [7, 11) is 1.37. The highest BCUT2D eigenvalue weighted by Crippen LogP contribution is 2.33. The predicted octanol–water partition coefficient (Wildman–Crippen LogP) is 2.04. The minimum absolute atomic E-state index is 0.0987. The van der Waals surface area contributed by atoms with Gasteiger partial charge in [0.1, 0.15) is 11.4 Å². The topological polar surface area (TPSA) is 95.9 Å². The van der Waals surface area contributed by atoms with Gasteiger partial charge in [-0.3, -0.25) is 9.69 Å². The molecule has 116 valence electrons. The molecular weight excluding hydrogens is 471 g/mol. The molecule has 0 aliphatic carbocycles. The second kappa shape index (κ2) is 6.65. The quantitative estimate of drug-likeness (QED) is 0.390. The first-order valence-corrected chi connectivity index (χ1v) is 7.81. The van der Waals surface area contributed by atoms with Crippen LogP contribution in [0.15, 0.2) is 22.3 Å². The van der Waals surface area contributed by atoms with Crippen LogP contribution in [0.5, 0.6) is 5.75 Å². The van der Waals surface area contributed by atoms with Crippen molar-refractivity contribution in [1.82, 2.24) is 10.2 Å². The summed E-state index contributed by atoms with van der Waals surface area (Å²) in [6.07, 6.45) is 1.45. The molecule has 2 rings (SSSR count). The van der Waals surface area contributed by atoms with E-state index >= 15 is 0 Å². The number of carbonyl (C=O) groups is 3. The van der Waals surface area contributed by atoms with Crippen LogP contribution in [0.1, 0.15) is 5.56 Å². The molecule has 1 heterocycles. The van der Waals surface area contributed by atoms with Crippen LogP contribution in [0.4, 0.5) is 4.79 Å². The van der Waals surface area contributed by atoms with E-state index in [1.165, 1.54) is 13.1 Å². The summed E-state index contributed by atoms with van der Waals surface area (Å²) in [5, 5.41) is 11.2. The van der Waals surface area contributed by atoms with E-state index in [1.54, 1.807) is 12.1 Å². The third kappa shape index (κ3) is 3.58. The first kappa shape index (κ1) is 16.7. The van der Waals surface area contributed by atoms with Gasteiger partial charge in [0.2, 0.25) is 0 Å². The standard InChI is InChI=1S/C13H10BrIN2O5/c1-17-12(20)9(16-13(17)21)3-6-2-7(15)4-8(14)11(6)22-5-10(18)19/h2-4H,5H2,1H3,(H,16,21)(H,18,19)/b9-3+. The fraction of sp³-hybridized carbons (Fsp3) is 0.154. The predicted molar refractivity (Wildman–Crippen MR) is 89.3 cm³/mol. The van der Waals surface area contributed by atoms with Crippen LogP contribution >= 0.6 is 38.5 Å². The zero-order valence-electron chi connectivity index (χ0n) is 11.2. The van der Waals surface area contributed by atoms with Crippen molar-refractivity contribution >= 4 is 62.5 Å². The van der Waals surface area contributed by atoms with Gasteiger partial charge in [-0.2, -0.15) is 0 Å². The molecule has 1 fully saturated rings. The van der Waals surface area contributed by atoms with Crippen molar-refractivity contribution in [3.63, 3.8) is 0 Å². The van der Waals surface area contributed by atoms with E-state index in [9.17, 15) is 14.4 Å². The van der Waals surface area contributed by atoms with Gasteiger partial charge in [0.25, 0.3) is 5.91 Å². The van der Waals surface area contributed by atoms with E-state index < -0.39 is 24.5 Å². The monoisotopic (exact) mass is 480 g/mol. The number of ether oxygens (including phenoxy) is 1. The Morgan fingerprint density at radius 2 is 2.18 bits per heavy atom. The molecule has 0 saturated carbocycles. The lowest BCUT2D eigenvalue weighted by molar-refractivity contribution is -0.139. The second-order valence-corrected chi connectivity index (χ2v) is 6.44. The van der Waals surface area contributed by atoms with Crippen LogP contribution in [-0.2, 0) is 9.59 Å². The van der Waals surface area contributed by atoms with Crippen LogP contribution in [0, 0.1) is 3.57 Å². The molecule has 0 spiro atoms. The normalized spacial score (nSPS) is 16.1. The fourth-order valence-corrected chi connectivity index (χ4v) is 3.42.